The molecule has 0 amide bonds. The van der Waals surface area contributed by atoms with Crippen LogP contribution in [0, 0.1) is 0 Å². The van der Waals surface area contributed by atoms with Crippen LogP contribution in [0.3, 0.4) is 0 Å². The number of likely N-dealkylation sites (N-methyl/N-ethyl adjacent to an activating group) is 2. The predicted octanol–water partition coefficient (Wildman–Crippen LogP) is 2.60. The van der Waals surface area contributed by atoms with E-state index < -0.39 is 10.0 Å². The third-order valence-corrected chi connectivity index (χ3v) is 6.37. The van der Waals surface area contributed by atoms with E-state index in [0.717, 1.165) is 18.0 Å². The Labute approximate surface area is 155 Å². The minimum Gasteiger partial charge on any atom is -0.497 e. The van der Waals surface area contributed by atoms with Gasteiger partial charge in [0, 0.05) is 13.6 Å². The van der Waals surface area contributed by atoms with Gasteiger partial charge in [-0.05, 0) is 43.3 Å². The van der Waals surface area contributed by atoms with E-state index in [4.69, 9.17) is 9.47 Å². The van der Waals surface area contributed by atoms with E-state index in [9.17, 15) is 8.42 Å². The topological polar surface area (TPSA) is 59.1 Å². The molecule has 26 heavy (non-hydrogen) atoms. The maximum Gasteiger partial charge on any atom is 0.242 e. The van der Waals surface area contributed by atoms with Crippen molar-refractivity contribution in [3.05, 3.63) is 48.5 Å². The molecule has 0 saturated heterocycles. The summed E-state index contributed by atoms with van der Waals surface area (Å²) in [5, 5.41) is 0. The van der Waals surface area contributed by atoms with Gasteiger partial charge in [-0.15, -0.1) is 0 Å². The van der Waals surface area contributed by atoms with Crippen LogP contribution in [-0.4, -0.2) is 52.6 Å². The lowest BCUT2D eigenvalue weighted by Gasteiger charge is -2.36. The highest BCUT2D eigenvalue weighted by Gasteiger charge is 2.29. The summed E-state index contributed by atoms with van der Waals surface area (Å²) in [6, 6.07) is 14.2. The van der Waals surface area contributed by atoms with Gasteiger partial charge in [0.1, 0.15) is 17.6 Å². The molecule has 0 bridgehead atoms. The first-order chi connectivity index (χ1) is 12.5. The molecule has 1 heterocycles. The van der Waals surface area contributed by atoms with E-state index in [-0.39, 0.29) is 17.5 Å². The molecule has 1 aliphatic rings. The average Bonchev–Trinajstić information content (AvgIpc) is 2.67. The summed E-state index contributed by atoms with van der Waals surface area (Å²) in [4.78, 5) is 2.45. The van der Waals surface area contributed by atoms with E-state index in [1.165, 1.54) is 4.31 Å². The van der Waals surface area contributed by atoms with Crippen molar-refractivity contribution in [2.45, 2.75) is 17.9 Å². The van der Waals surface area contributed by atoms with Gasteiger partial charge in [-0.25, -0.2) is 8.42 Å². The van der Waals surface area contributed by atoms with Crippen molar-refractivity contribution in [3.8, 4) is 11.5 Å². The molecule has 0 unspecified atom stereocenters. The molecule has 7 heteroatoms. The highest BCUT2D eigenvalue weighted by Crippen LogP contribution is 2.33. The van der Waals surface area contributed by atoms with Gasteiger partial charge in [-0.3, -0.25) is 0 Å². The zero-order chi connectivity index (χ0) is 18.7. The standard InChI is InChI=1S/C19H24N2O4S/c1-4-21-14-16(25-19-8-6-5-7-18(19)21)13-20(2)26(22,23)17-11-9-15(24-3)10-12-17/h5-12,16H,4,13-14H2,1-3H3/t16-/m0/s1. The van der Waals surface area contributed by atoms with Gasteiger partial charge in [0.05, 0.1) is 30.8 Å². The summed E-state index contributed by atoms with van der Waals surface area (Å²) in [6.07, 6.45) is -0.233. The van der Waals surface area contributed by atoms with Gasteiger partial charge in [-0.2, -0.15) is 4.31 Å². The van der Waals surface area contributed by atoms with Crippen LogP contribution in [-0.2, 0) is 10.0 Å². The third kappa shape index (κ3) is 3.64. The largest absolute Gasteiger partial charge is 0.497 e. The smallest absolute Gasteiger partial charge is 0.242 e. The number of ether oxygens (including phenoxy) is 2. The molecule has 0 spiro atoms. The SMILES string of the molecule is CCN1C[C@H](CN(C)S(=O)(=O)c2ccc(OC)cc2)Oc2ccccc21. The van der Waals surface area contributed by atoms with Crippen LogP contribution in [0.5, 0.6) is 11.5 Å². The maximum atomic E-state index is 12.8. The van der Waals surface area contributed by atoms with Crippen molar-refractivity contribution < 1.29 is 17.9 Å². The Hall–Kier alpha value is -2.25. The van der Waals surface area contributed by atoms with E-state index in [1.54, 1.807) is 38.4 Å². The molecule has 3 rings (SSSR count). The number of methoxy groups -OCH3 is 1. The Morgan fingerprint density at radius 3 is 2.54 bits per heavy atom. The summed E-state index contributed by atoms with van der Waals surface area (Å²) in [5.41, 5.74) is 1.05. The van der Waals surface area contributed by atoms with Crippen LogP contribution in [0.25, 0.3) is 0 Å². The molecule has 0 aromatic heterocycles. The van der Waals surface area contributed by atoms with Crippen molar-refractivity contribution in [3.63, 3.8) is 0 Å². The van der Waals surface area contributed by atoms with Crippen molar-refractivity contribution in [1.82, 2.24) is 4.31 Å². The second kappa shape index (κ2) is 7.55. The second-order valence-corrected chi connectivity index (χ2v) is 8.25. The Balaban J connectivity index is 1.75. The number of nitrogens with zero attached hydrogens (tertiary/aromatic N) is 2. The normalized spacial score (nSPS) is 16.9. The molecule has 1 aliphatic heterocycles. The molecule has 2 aromatic carbocycles. The van der Waals surface area contributed by atoms with Crippen LogP contribution >= 0.6 is 0 Å². The fourth-order valence-electron chi connectivity index (χ4n) is 3.09. The number of rotatable bonds is 6. The lowest BCUT2D eigenvalue weighted by atomic mass is 10.2. The Kier molecular flexibility index (Phi) is 5.38. The van der Waals surface area contributed by atoms with Crippen LogP contribution < -0.4 is 14.4 Å². The van der Waals surface area contributed by atoms with Gasteiger partial charge in [0.25, 0.3) is 0 Å². The molecule has 0 N–H and O–H groups in total. The minimum absolute atomic E-state index is 0.233. The molecule has 140 valence electrons. The summed E-state index contributed by atoms with van der Waals surface area (Å²) in [5.74, 6) is 1.42. The number of anilines is 1. The Morgan fingerprint density at radius 1 is 1.19 bits per heavy atom. The molecule has 0 saturated carbocycles. The van der Waals surface area contributed by atoms with Crippen molar-refractivity contribution >= 4 is 15.7 Å². The lowest BCUT2D eigenvalue weighted by Crippen LogP contribution is -2.46. The highest BCUT2D eigenvalue weighted by atomic mass is 32.2. The first kappa shape index (κ1) is 18.5. The van der Waals surface area contributed by atoms with Crippen LogP contribution in [0.15, 0.2) is 53.4 Å². The molecule has 6 nitrogen and oxygen atoms in total. The third-order valence-electron chi connectivity index (χ3n) is 4.53. The summed E-state index contributed by atoms with van der Waals surface area (Å²) >= 11 is 0. The summed E-state index contributed by atoms with van der Waals surface area (Å²) < 4.78 is 38.1. The van der Waals surface area contributed by atoms with Crippen molar-refractivity contribution in [2.24, 2.45) is 0 Å². The monoisotopic (exact) mass is 376 g/mol. The summed E-state index contributed by atoms with van der Waals surface area (Å²) in [6.45, 7) is 3.85. The highest BCUT2D eigenvalue weighted by molar-refractivity contribution is 7.89. The first-order valence-electron chi connectivity index (χ1n) is 8.56. The molecular weight excluding hydrogens is 352 g/mol. The molecule has 0 aliphatic carbocycles. The zero-order valence-corrected chi connectivity index (χ0v) is 16.1. The van der Waals surface area contributed by atoms with Crippen LogP contribution in [0.2, 0.25) is 0 Å². The van der Waals surface area contributed by atoms with Crippen molar-refractivity contribution in [2.75, 3.05) is 38.7 Å². The number of hydrogen-bond donors (Lipinski definition) is 0. The number of benzene rings is 2. The Morgan fingerprint density at radius 2 is 1.88 bits per heavy atom. The Bertz CT molecular complexity index is 852. The fraction of sp³-hybridized carbons (Fsp3) is 0.368. The predicted molar refractivity (Wildman–Crippen MR) is 102 cm³/mol. The number of fused-ring (bicyclic) bond motifs is 1. The molecule has 0 radical (unpaired) electrons. The van der Waals surface area contributed by atoms with Gasteiger partial charge >= 0.3 is 0 Å². The molecule has 2 aromatic rings. The minimum atomic E-state index is -3.59. The van der Waals surface area contributed by atoms with Crippen LogP contribution in [0.1, 0.15) is 6.92 Å². The fourth-order valence-corrected chi connectivity index (χ4v) is 4.29. The van der Waals surface area contributed by atoms with Gasteiger partial charge < -0.3 is 14.4 Å². The zero-order valence-electron chi connectivity index (χ0n) is 15.3. The van der Waals surface area contributed by atoms with Crippen molar-refractivity contribution in [1.29, 1.82) is 0 Å². The quantitative estimate of drug-likeness (QED) is 0.776. The van der Waals surface area contributed by atoms with Gasteiger partial charge in [-0.1, -0.05) is 12.1 Å². The average molecular weight is 376 g/mol. The van der Waals surface area contributed by atoms with Crippen LogP contribution in [0.4, 0.5) is 5.69 Å². The first-order valence-corrected chi connectivity index (χ1v) is 10.0. The number of hydrogen-bond acceptors (Lipinski definition) is 5. The molecule has 1 atom stereocenters. The second-order valence-electron chi connectivity index (χ2n) is 6.21. The maximum absolute atomic E-state index is 12.8. The number of para-hydroxylation sites is 2. The van der Waals surface area contributed by atoms with Gasteiger partial charge in [0.2, 0.25) is 10.0 Å². The summed E-state index contributed by atoms with van der Waals surface area (Å²) in [7, 11) is -0.454. The van der Waals surface area contributed by atoms with E-state index >= 15 is 0 Å². The van der Waals surface area contributed by atoms with Gasteiger partial charge in [0.15, 0.2) is 0 Å². The van der Waals surface area contributed by atoms with E-state index in [1.807, 2.05) is 24.3 Å². The van der Waals surface area contributed by atoms with E-state index in [2.05, 4.69) is 11.8 Å². The van der Waals surface area contributed by atoms with E-state index in [0.29, 0.717) is 12.3 Å². The molecular formula is C19H24N2O4S. The lowest BCUT2D eigenvalue weighted by molar-refractivity contribution is 0.171. The number of sulfonamides is 1. The molecule has 0 fully saturated rings.